The topological polar surface area (TPSA) is 107 Å². The first-order valence-corrected chi connectivity index (χ1v) is 16.7. The van der Waals surface area contributed by atoms with Crippen LogP contribution in [0.2, 0.25) is 0 Å². The third kappa shape index (κ3) is 7.58. The van der Waals surface area contributed by atoms with Crippen molar-refractivity contribution in [2.24, 2.45) is 5.92 Å². The van der Waals surface area contributed by atoms with E-state index in [1.165, 1.54) is 23.4 Å². The van der Waals surface area contributed by atoms with Crippen LogP contribution in [0.5, 0.6) is 0 Å². The summed E-state index contributed by atoms with van der Waals surface area (Å²) in [4.78, 5) is 40.1. The van der Waals surface area contributed by atoms with Crippen molar-refractivity contribution < 1.29 is 18.7 Å². The van der Waals surface area contributed by atoms with Crippen LogP contribution in [0.4, 0.5) is 25.1 Å². The van der Waals surface area contributed by atoms with E-state index in [4.69, 9.17) is 0 Å². The Morgan fingerprint density at radius 3 is 2.47 bits per heavy atom. The zero-order valence-corrected chi connectivity index (χ0v) is 27.7. The van der Waals surface area contributed by atoms with Crippen molar-refractivity contribution in [2.75, 3.05) is 49.5 Å². The Kier molecular flexibility index (Phi) is 10.8. The van der Waals surface area contributed by atoms with E-state index >= 15 is 8.78 Å². The number of alkyl halides is 2. The Balaban J connectivity index is 1.43. The SMILES string of the molecule is C=CCCCCn1c(=O)c(N2CCN(C(C)C)CC2)cc2c(N[C@H](C)c3cccc(C(F)(F)C4CCN(C(=O)O)CC4)c3)ncnc21. The number of amides is 1. The van der Waals surface area contributed by atoms with Crippen molar-refractivity contribution in [1.29, 1.82) is 0 Å². The number of nitrogens with zero attached hydrogens (tertiary/aromatic N) is 6. The Morgan fingerprint density at radius 2 is 1.81 bits per heavy atom. The van der Waals surface area contributed by atoms with Gasteiger partial charge >= 0.3 is 6.09 Å². The fourth-order valence-electron chi connectivity index (χ4n) is 6.73. The first kappa shape index (κ1) is 34.3. The fraction of sp³-hybridized carbons (Fsp3) is 0.543. The molecule has 254 valence electrons. The molecule has 0 unspecified atom stereocenters. The lowest BCUT2D eigenvalue weighted by atomic mass is 9.85. The number of carbonyl (C=O) groups is 1. The van der Waals surface area contributed by atoms with Crippen LogP contribution in [0.3, 0.4) is 0 Å². The number of allylic oxidation sites excluding steroid dienone is 1. The number of pyridine rings is 1. The average Bonchev–Trinajstić information content (AvgIpc) is 3.07. The molecule has 1 atom stereocenters. The highest BCUT2D eigenvalue weighted by atomic mass is 19.3. The van der Waals surface area contributed by atoms with E-state index in [0.29, 0.717) is 40.7 Å². The number of hydrogen-bond acceptors (Lipinski definition) is 7. The number of benzene rings is 1. The molecule has 2 saturated heterocycles. The predicted molar refractivity (Wildman–Crippen MR) is 181 cm³/mol. The summed E-state index contributed by atoms with van der Waals surface area (Å²) in [5.74, 6) is -3.51. The van der Waals surface area contributed by atoms with Gasteiger partial charge in [-0.05, 0) is 70.6 Å². The first-order chi connectivity index (χ1) is 22.5. The number of carboxylic acid groups (broad SMARTS) is 1. The fourth-order valence-corrected chi connectivity index (χ4v) is 6.73. The molecule has 1 amide bonds. The van der Waals surface area contributed by atoms with Gasteiger partial charge in [-0.2, -0.15) is 0 Å². The second kappa shape index (κ2) is 14.8. The minimum atomic E-state index is -3.10. The van der Waals surface area contributed by atoms with Gasteiger partial charge in [0.05, 0.1) is 5.39 Å². The molecule has 5 rings (SSSR count). The molecule has 0 radical (unpaired) electrons. The molecule has 0 bridgehead atoms. The van der Waals surface area contributed by atoms with E-state index in [1.54, 1.807) is 10.6 Å². The van der Waals surface area contributed by atoms with Crippen molar-refractivity contribution in [3.05, 3.63) is 70.8 Å². The van der Waals surface area contributed by atoms with Gasteiger partial charge in [-0.25, -0.2) is 23.5 Å². The van der Waals surface area contributed by atoms with Crippen LogP contribution in [0, 0.1) is 5.92 Å². The highest BCUT2D eigenvalue weighted by Crippen LogP contribution is 2.42. The van der Waals surface area contributed by atoms with Gasteiger partial charge in [0.15, 0.2) is 0 Å². The van der Waals surface area contributed by atoms with Crippen LogP contribution in [0.15, 0.2) is 54.1 Å². The van der Waals surface area contributed by atoms with E-state index in [9.17, 15) is 14.7 Å². The highest BCUT2D eigenvalue weighted by molar-refractivity contribution is 5.89. The van der Waals surface area contributed by atoms with Gasteiger partial charge in [0, 0.05) is 69.4 Å². The lowest BCUT2D eigenvalue weighted by molar-refractivity contribution is -0.0836. The second-order valence-corrected chi connectivity index (χ2v) is 13.0. The molecule has 1 aromatic carbocycles. The summed E-state index contributed by atoms with van der Waals surface area (Å²) in [6, 6.07) is 8.34. The number of halogens is 2. The van der Waals surface area contributed by atoms with Crippen molar-refractivity contribution in [2.45, 2.75) is 77.4 Å². The molecule has 2 N–H and O–H groups in total. The average molecular weight is 652 g/mol. The number of anilines is 2. The molecule has 0 saturated carbocycles. The summed E-state index contributed by atoms with van der Waals surface area (Å²) in [5, 5.41) is 13.4. The zero-order chi connectivity index (χ0) is 33.7. The number of aryl methyl sites for hydroxylation is 1. The Bertz CT molecular complexity index is 1610. The Labute approximate surface area is 275 Å². The number of piperidine rings is 1. The minimum absolute atomic E-state index is 0.0732. The molecule has 10 nitrogen and oxygen atoms in total. The lowest BCUT2D eigenvalue weighted by Gasteiger charge is -2.38. The quantitative estimate of drug-likeness (QED) is 0.173. The minimum Gasteiger partial charge on any atom is -0.465 e. The largest absolute Gasteiger partial charge is 0.465 e. The number of rotatable bonds is 12. The molecule has 2 aliphatic rings. The van der Waals surface area contributed by atoms with E-state index in [2.05, 4.69) is 45.5 Å². The first-order valence-electron chi connectivity index (χ1n) is 16.7. The Morgan fingerprint density at radius 1 is 1.09 bits per heavy atom. The molecule has 0 aliphatic carbocycles. The summed E-state index contributed by atoms with van der Waals surface area (Å²) in [6.07, 6.45) is 5.02. The van der Waals surface area contributed by atoms with Crippen LogP contribution >= 0.6 is 0 Å². The molecule has 4 heterocycles. The molecular weight excluding hydrogens is 604 g/mol. The number of piperazine rings is 1. The van der Waals surface area contributed by atoms with Crippen molar-refractivity contribution in [3.63, 3.8) is 0 Å². The molecule has 2 aromatic heterocycles. The maximum atomic E-state index is 15.7. The predicted octanol–water partition coefficient (Wildman–Crippen LogP) is 6.33. The molecule has 3 aromatic rings. The van der Waals surface area contributed by atoms with Gasteiger partial charge in [-0.3, -0.25) is 14.3 Å². The maximum Gasteiger partial charge on any atom is 0.407 e. The van der Waals surface area contributed by atoms with Gasteiger partial charge in [0.2, 0.25) is 0 Å². The summed E-state index contributed by atoms with van der Waals surface area (Å²) in [5.41, 5.74) is 1.67. The van der Waals surface area contributed by atoms with Gasteiger partial charge in [-0.15, -0.1) is 6.58 Å². The number of likely N-dealkylation sites (tertiary alicyclic amines) is 1. The van der Waals surface area contributed by atoms with Crippen LogP contribution in [0.25, 0.3) is 11.0 Å². The van der Waals surface area contributed by atoms with Crippen LogP contribution in [-0.2, 0) is 12.5 Å². The van der Waals surface area contributed by atoms with E-state index in [0.717, 1.165) is 45.4 Å². The van der Waals surface area contributed by atoms with E-state index in [-0.39, 0.29) is 43.1 Å². The van der Waals surface area contributed by atoms with Crippen LogP contribution < -0.4 is 15.8 Å². The zero-order valence-electron chi connectivity index (χ0n) is 27.7. The number of unbranched alkanes of at least 4 members (excludes halogenated alkanes) is 2. The number of aromatic nitrogens is 3. The van der Waals surface area contributed by atoms with Gasteiger partial charge in [-0.1, -0.05) is 24.3 Å². The highest BCUT2D eigenvalue weighted by Gasteiger charge is 2.43. The molecule has 47 heavy (non-hydrogen) atoms. The maximum absolute atomic E-state index is 15.7. The third-order valence-corrected chi connectivity index (χ3v) is 9.69. The van der Waals surface area contributed by atoms with E-state index in [1.807, 2.05) is 25.1 Å². The monoisotopic (exact) mass is 651 g/mol. The van der Waals surface area contributed by atoms with Gasteiger partial charge in [0.1, 0.15) is 23.5 Å². The molecule has 2 aliphatic heterocycles. The van der Waals surface area contributed by atoms with Crippen LogP contribution in [0.1, 0.15) is 70.0 Å². The van der Waals surface area contributed by atoms with Crippen molar-refractivity contribution in [1.82, 2.24) is 24.3 Å². The summed E-state index contributed by atoms with van der Waals surface area (Å²) in [7, 11) is 0. The number of hydrogen-bond donors (Lipinski definition) is 2. The molecule has 12 heteroatoms. The summed E-state index contributed by atoms with van der Waals surface area (Å²) in [6.45, 7) is 14.0. The number of nitrogens with one attached hydrogen (secondary N) is 1. The third-order valence-electron chi connectivity index (χ3n) is 9.69. The van der Waals surface area contributed by atoms with Gasteiger partial charge in [0.25, 0.3) is 11.5 Å². The van der Waals surface area contributed by atoms with Gasteiger partial charge < -0.3 is 20.2 Å². The summed E-state index contributed by atoms with van der Waals surface area (Å²) < 4.78 is 33.2. The standard InChI is InChI=1S/C35H47F2N7O3/c1-5-6-7-8-14-44-32-29(22-30(33(44)45)42-19-17-41(18-20-42)24(2)3)31(38-23-39-32)40-25(4)26-10-9-11-28(21-26)35(36,37)27-12-15-43(16-13-27)34(46)47/h5,9-11,21-25,27H,1,6-8,12-20H2,2-4H3,(H,46,47)(H,38,39,40)/t25-/m1/s1. The normalized spacial score (nSPS) is 17.3. The Hall–Kier alpha value is -4.06. The van der Waals surface area contributed by atoms with Crippen LogP contribution in [-0.4, -0.2) is 80.8 Å². The lowest BCUT2D eigenvalue weighted by Crippen LogP contribution is -2.50. The smallest absolute Gasteiger partial charge is 0.407 e. The van der Waals surface area contributed by atoms with Crippen molar-refractivity contribution >= 4 is 28.6 Å². The van der Waals surface area contributed by atoms with Crippen molar-refractivity contribution in [3.8, 4) is 0 Å². The summed E-state index contributed by atoms with van der Waals surface area (Å²) >= 11 is 0. The van der Waals surface area contributed by atoms with E-state index < -0.39 is 17.9 Å². The number of fused-ring (bicyclic) bond motifs is 1. The molecule has 0 spiro atoms. The molecule has 2 fully saturated rings. The molecular formula is C35H47F2N7O3. The second-order valence-electron chi connectivity index (χ2n) is 13.0.